The maximum absolute atomic E-state index is 11.9. The molecule has 1 saturated carbocycles. The van der Waals surface area contributed by atoms with E-state index in [2.05, 4.69) is 20.3 Å². The molecule has 0 radical (unpaired) electrons. The Kier molecular flexibility index (Phi) is 2.60. The fourth-order valence-corrected chi connectivity index (χ4v) is 3.03. The molecule has 0 bridgehead atoms. The number of anilines is 1. The van der Waals surface area contributed by atoms with Gasteiger partial charge in [-0.25, -0.2) is 0 Å². The molecule has 4 unspecified atom stereocenters. The van der Waals surface area contributed by atoms with E-state index in [1.807, 2.05) is 0 Å². The highest BCUT2D eigenvalue weighted by atomic mass is 16.6. The summed E-state index contributed by atoms with van der Waals surface area (Å²) in [6, 6.07) is -0.351. The van der Waals surface area contributed by atoms with Crippen molar-refractivity contribution in [1.29, 1.82) is 0 Å². The SMILES string of the molecule is Nc1nc2[nH]cc(CNC3C4OC4C(O)[C@H]3O)c2c(=O)[nH]1. The number of epoxide rings is 1. The van der Waals surface area contributed by atoms with Crippen LogP contribution in [0.15, 0.2) is 11.0 Å². The van der Waals surface area contributed by atoms with Crippen molar-refractivity contribution in [3.63, 3.8) is 0 Å². The van der Waals surface area contributed by atoms with Gasteiger partial charge in [-0.1, -0.05) is 0 Å². The molecule has 0 amide bonds. The zero-order valence-corrected chi connectivity index (χ0v) is 10.9. The number of nitrogens with one attached hydrogen (secondary N) is 3. The molecule has 2 aliphatic rings. The minimum absolute atomic E-state index is 0.0532. The number of aromatic nitrogens is 3. The van der Waals surface area contributed by atoms with Crippen LogP contribution in [0, 0.1) is 0 Å². The molecule has 2 aromatic rings. The molecule has 112 valence electrons. The van der Waals surface area contributed by atoms with Crippen molar-refractivity contribution in [2.75, 3.05) is 5.73 Å². The highest BCUT2D eigenvalue weighted by Gasteiger charge is 2.61. The fraction of sp³-hybridized carbons (Fsp3) is 0.500. The predicted molar refractivity (Wildman–Crippen MR) is 72.4 cm³/mol. The molecular weight excluding hydrogens is 278 g/mol. The number of H-pyrrole nitrogens is 2. The standard InChI is InChI=1S/C12H15N5O4/c13-12-16-10-4(11(20)17-12)3(2-15-10)1-14-5-6(18)7(19)9-8(5)21-9/h2,5-9,14,18-19H,1H2,(H4,13,15,16,17,20)/t5?,6-,7?,8?,9?/m0/s1. The summed E-state index contributed by atoms with van der Waals surface area (Å²) in [5.74, 6) is 0.0532. The van der Waals surface area contributed by atoms with E-state index in [0.29, 0.717) is 23.1 Å². The Morgan fingerprint density at radius 2 is 2.19 bits per heavy atom. The lowest BCUT2D eigenvalue weighted by Gasteiger charge is -2.20. The highest BCUT2D eigenvalue weighted by molar-refractivity contribution is 5.79. The first-order valence-electron chi connectivity index (χ1n) is 6.67. The van der Waals surface area contributed by atoms with Gasteiger partial charge in [-0.05, 0) is 5.56 Å². The van der Waals surface area contributed by atoms with Gasteiger partial charge in [0.05, 0.1) is 11.4 Å². The molecule has 2 fully saturated rings. The minimum Gasteiger partial charge on any atom is -0.389 e. The van der Waals surface area contributed by atoms with Crippen LogP contribution >= 0.6 is 0 Å². The molecule has 9 heteroatoms. The second-order valence-electron chi connectivity index (χ2n) is 5.44. The highest BCUT2D eigenvalue weighted by Crippen LogP contribution is 2.39. The average Bonchev–Trinajstić information content (AvgIpc) is 3.05. The van der Waals surface area contributed by atoms with Crippen LogP contribution in [0.25, 0.3) is 11.0 Å². The number of aliphatic hydroxyl groups is 2. The molecule has 21 heavy (non-hydrogen) atoms. The van der Waals surface area contributed by atoms with E-state index in [9.17, 15) is 15.0 Å². The Morgan fingerprint density at radius 1 is 1.38 bits per heavy atom. The number of fused-ring (bicyclic) bond motifs is 2. The molecule has 1 saturated heterocycles. The molecule has 0 spiro atoms. The number of aliphatic hydroxyl groups excluding tert-OH is 2. The van der Waals surface area contributed by atoms with Crippen LogP contribution in [0.3, 0.4) is 0 Å². The van der Waals surface area contributed by atoms with E-state index in [1.165, 1.54) is 0 Å². The van der Waals surface area contributed by atoms with E-state index < -0.39 is 12.2 Å². The number of ether oxygens (including phenoxy) is 1. The summed E-state index contributed by atoms with van der Waals surface area (Å²) in [4.78, 5) is 21.3. The van der Waals surface area contributed by atoms with Gasteiger partial charge in [0, 0.05) is 12.7 Å². The zero-order chi connectivity index (χ0) is 14.7. The van der Waals surface area contributed by atoms with Gasteiger partial charge < -0.3 is 31.0 Å². The monoisotopic (exact) mass is 293 g/mol. The smallest absolute Gasteiger partial charge is 0.262 e. The normalized spacial score (nSPS) is 34.3. The summed E-state index contributed by atoms with van der Waals surface area (Å²) in [7, 11) is 0. The minimum atomic E-state index is -0.869. The molecule has 5 atom stereocenters. The number of nitrogen functional groups attached to an aromatic ring is 1. The molecule has 0 aromatic carbocycles. The quantitative estimate of drug-likeness (QED) is 0.351. The Bertz CT molecular complexity index is 756. The van der Waals surface area contributed by atoms with E-state index in [0.717, 1.165) is 0 Å². The lowest BCUT2D eigenvalue weighted by molar-refractivity contribution is -0.0179. The van der Waals surface area contributed by atoms with Crippen molar-refractivity contribution in [2.24, 2.45) is 0 Å². The van der Waals surface area contributed by atoms with Crippen LogP contribution in [0.5, 0.6) is 0 Å². The number of nitrogens with two attached hydrogens (primary N) is 1. The van der Waals surface area contributed by atoms with Crippen molar-refractivity contribution in [2.45, 2.75) is 37.0 Å². The molecule has 9 nitrogen and oxygen atoms in total. The maximum atomic E-state index is 11.9. The van der Waals surface area contributed by atoms with E-state index in [-0.39, 0.29) is 29.8 Å². The molecule has 3 heterocycles. The fourth-order valence-electron chi connectivity index (χ4n) is 3.03. The largest absolute Gasteiger partial charge is 0.389 e. The first kappa shape index (κ1) is 12.8. The van der Waals surface area contributed by atoms with Crippen molar-refractivity contribution in [3.8, 4) is 0 Å². The summed E-state index contributed by atoms with van der Waals surface area (Å²) in [6.07, 6.45) is -0.522. The Balaban J connectivity index is 1.57. The number of rotatable bonds is 3. The van der Waals surface area contributed by atoms with Crippen molar-refractivity contribution in [3.05, 3.63) is 22.1 Å². The van der Waals surface area contributed by atoms with Crippen LogP contribution in [-0.4, -0.2) is 55.6 Å². The Labute approximate surface area is 118 Å². The van der Waals surface area contributed by atoms with Crippen LogP contribution in [-0.2, 0) is 11.3 Å². The number of nitrogens with zero attached hydrogens (tertiary/aromatic N) is 1. The third-order valence-corrected chi connectivity index (χ3v) is 4.14. The van der Waals surface area contributed by atoms with E-state index in [1.54, 1.807) is 6.20 Å². The molecule has 1 aliphatic heterocycles. The van der Waals surface area contributed by atoms with E-state index >= 15 is 0 Å². The van der Waals surface area contributed by atoms with Crippen LogP contribution in [0.4, 0.5) is 5.95 Å². The van der Waals surface area contributed by atoms with Crippen LogP contribution in [0.1, 0.15) is 5.56 Å². The molecular formula is C12H15N5O4. The predicted octanol–water partition coefficient (Wildman–Crippen LogP) is -2.21. The van der Waals surface area contributed by atoms with Gasteiger partial charge in [-0.3, -0.25) is 9.78 Å². The molecule has 2 aromatic heterocycles. The number of hydrogen-bond acceptors (Lipinski definition) is 7. The molecule has 7 N–H and O–H groups in total. The zero-order valence-electron chi connectivity index (χ0n) is 10.9. The van der Waals surface area contributed by atoms with E-state index in [4.69, 9.17) is 10.5 Å². The lowest BCUT2D eigenvalue weighted by atomic mass is 10.1. The summed E-state index contributed by atoms with van der Waals surface area (Å²) in [6.45, 7) is 0.343. The third kappa shape index (κ3) is 1.86. The summed E-state index contributed by atoms with van der Waals surface area (Å²) in [5.41, 5.74) is 6.30. The Morgan fingerprint density at radius 3 is 2.90 bits per heavy atom. The third-order valence-electron chi connectivity index (χ3n) is 4.14. The van der Waals surface area contributed by atoms with Crippen molar-refractivity contribution >= 4 is 17.0 Å². The van der Waals surface area contributed by atoms with Crippen LogP contribution in [0.2, 0.25) is 0 Å². The maximum Gasteiger partial charge on any atom is 0.262 e. The molecule has 4 rings (SSSR count). The van der Waals surface area contributed by atoms with Gasteiger partial charge in [0.1, 0.15) is 30.1 Å². The second kappa shape index (κ2) is 4.28. The van der Waals surface area contributed by atoms with Gasteiger partial charge in [-0.15, -0.1) is 0 Å². The van der Waals surface area contributed by atoms with Gasteiger partial charge in [0.2, 0.25) is 5.95 Å². The van der Waals surface area contributed by atoms with Gasteiger partial charge in [-0.2, -0.15) is 4.98 Å². The van der Waals surface area contributed by atoms with Crippen molar-refractivity contribution in [1.82, 2.24) is 20.3 Å². The summed E-state index contributed by atoms with van der Waals surface area (Å²) in [5, 5.41) is 23.1. The van der Waals surface area contributed by atoms with Gasteiger partial charge >= 0.3 is 0 Å². The van der Waals surface area contributed by atoms with Crippen molar-refractivity contribution < 1.29 is 14.9 Å². The topological polar surface area (TPSA) is 153 Å². The second-order valence-corrected chi connectivity index (χ2v) is 5.44. The summed E-state index contributed by atoms with van der Waals surface area (Å²) < 4.78 is 5.27. The van der Waals surface area contributed by atoms with Gasteiger partial charge in [0.25, 0.3) is 5.56 Å². The molecule has 1 aliphatic carbocycles. The number of aromatic amines is 2. The summed E-state index contributed by atoms with van der Waals surface area (Å²) >= 11 is 0. The lowest BCUT2D eigenvalue weighted by Crippen LogP contribution is -2.44. The first-order valence-corrected chi connectivity index (χ1v) is 6.67. The Hall–Kier alpha value is -1.94. The first-order chi connectivity index (χ1) is 10.1. The average molecular weight is 293 g/mol. The number of hydrogen-bond donors (Lipinski definition) is 6. The van der Waals surface area contributed by atoms with Crippen LogP contribution < -0.4 is 16.6 Å². The van der Waals surface area contributed by atoms with Gasteiger partial charge in [0.15, 0.2) is 0 Å².